The van der Waals surface area contributed by atoms with Crippen LogP contribution in [-0.2, 0) is 19.1 Å². The fraction of sp³-hybridized carbons (Fsp3) is 0.833. The lowest BCUT2D eigenvalue weighted by molar-refractivity contribution is -0.150. The molecule has 0 bridgehead atoms. The van der Waals surface area contributed by atoms with Crippen LogP contribution in [0.2, 0.25) is 0 Å². The summed E-state index contributed by atoms with van der Waals surface area (Å²) in [5, 5.41) is 2.69. The number of methoxy groups -OCH3 is 2. The van der Waals surface area contributed by atoms with Gasteiger partial charge in [0.25, 0.3) is 5.91 Å². The summed E-state index contributed by atoms with van der Waals surface area (Å²) in [5.41, 5.74) is 5.35. The molecule has 0 aliphatic rings. The fourth-order valence-corrected chi connectivity index (χ4v) is 1.56. The zero-order valence-electron chi connectivity index (χ0n) is 12.1. The Hall–Kier alpha value is -1.02. The molecule has 7 nitrogen and oxygen atoms in total. The van der Waals surface area contributed by atoms with Crippen LogP contribution in [0.4, 0.5) is 0 Å². The first-order valence-electron chi connectivity index (χ1n) is 6.18. The minimum Gasteiger partial charge on any atom is -0.370 e. The number of amides is 1. The van der Waals surface area contributed by atoms with Gasteiger partial charge in [0.15, 0.2) is 18.0 Å². The molecule has 1 amide bonds. The van der Waals surface area contributed by atoms with Gasteiger partial charge in [0.2, 0.25) is 0 Å². The number of carbonyl (C=O) groups is 2. The molecule has 0 rings (SSSR count). The fourth-order valence-electron chi connectivity index (χ4n) is 1.56. The number of ketones is 1. The summed E-state index contributed by atoms with van der Waals surface area (Å²) < 4.78 is 10.2. The molecule has 114 valence electrons. The third-order valence-corrected chi connectivity index (χ3v) is 2.54. The Morgan fingerprint density at radius 2 is 1.79 bits per heavy atom. The molecule has 2 atom stereocenters. The van der Waals surface area contributed by atoms with Gasteiger partial charge in [-0.1, -0.05) is 6.92 Å². The molecule has 0 heterocycles. The Morgan fingerprint density at radius 3 is 2.21 bits per heavy atom. The number of rotatable bonds is 10. The Labute approximate surface area is 114 Å². The third kappa shape index (κ3) is 7.22. The lowest BCUT2D eigenvalue weighted by Gasteiger charge is -2.23. The van der Waals surface area contributed by atoms with E-state index in [-0.39, 0.29) is 24.3 Å². The highest BCUT2D eigenvalue weighted by Crippen LogP contribution is 2.08. The number of Topliss-reactive ketones (excluding diaryl/α,β-unsaturated/α-hetero) is 1. The van der Waals surface area contributed by atoms with Gasteiger partial charge in [-0.3, -0.25) is 9.59 Å². The lowest BCUT2D eigenvalue weighted by Crippen LogP contribution is -2.48. The van der Waals surface area contributed by atoms with E-state index in [1.807, 2.05) is 6.92 Å². The molecule has 19 heavy (non-hydrogen) atoms. The number of hydrogen-bond acceptors (Lipinski definition) is 6. The topological polar surface area (TPSA) is 126 Å². The first-order valence-corrected chi connectivity index (χ1v) is 6.18. The van der Waals surface area contributed by atoms with E-state index in [0.717, 1.165) is 6.42 Å². The summed E-state index contributed by atoms with van der Waals surface area (Å²) in [6.45, 7) is 2.93. The van der Waals surface area contributed by atoms with Gasteiger partial charge >= 0.3 is 0 Å². The Morgan fingerprint density at radius 1 is 1.21 bits per heavy atom. The number of nitrogens with two attached hydrogens (primary N) is 1. The zero-order chi connectivity index (χ0) is 14.0. The first kappa shape index (κ1) is 20.3. The Balaban J connectivity index is 0. The van der Waals surface area contributed by atoms with E-state index in [4.69, 9.17) is 15.2 Å². The average Bonchev–Trinajstić information content (AvgIpc) is 2.39. The molecule has 0 aromatic carbocycles. The van der Waals surface area contributed by atoms with Crippen molar-refractivity contribution in [2.75, 3.05) is 27.3 Å². The summed E-state index contributed by atoms with van der Waals surface area (Å²) >= 11 is 0. The van der Waals surface area contributed by atoms with Crippen molar-refractivity contribution in [3.8, 4) is 0 Å². The molecule has 6 N–H and O–H groups in total. The van der Waals surface area contributed by atoms with Crippen molar-refractivity contribution in [3.05, 3.63) is 0 Å². The molecular weight excluding hydrogens is 250 g/mol. The second kappa shape index (κ2) is 12.0. The maximum Gasteiger partial charge on any atom is 0.252 e. The quantitative estimate of drug-likeness (QED) is 0.516. The SMILES string of the molecule is CCCNC(=O)[C@H](OC)[C@@H](OC)C(=O)CCCN.N. The number of hydrogen-bond donors (Lipinski definition) is 3. The van der Waals surface area contributed by atoms with E-state index >= 15 is 0 Å². The minimum atomic E-state index is -0.910. The molecule has 0 fully saturated rings. The van der Waals surface area contributed by atoms with Crippen LogP contribution in [0.5, 0.6) is 0 Å². The van der Waals surface area contributed by atoms with E-state index in [9.17, 15) is 9.59 Å². The van der Waals surface area contributed by atoms with Crippen LogP contribution >= 0.6 is 0 Å². The number of nitrogens with one attached hydrogen (secondary N) is 1. The molecule has 0 aliphatic carbocycles. The van der Waals surface area contributed by atoms with Crippen LogP contribution in [0.25, 0.3) is 0 Å². The van der Waals surface area contributed by atoms with Gasteiger partial charge < -0.3 is 26.7 Å². The number of ether oxygens (including phenoxy) is 2. The van der Waals surface area contributed by atoms with Crippen LogP contribution in [0.15, 0.2) is 0 Å². The predicted molar refractivity (Wildman–Crippen MR) is 73.2 cm³/mol. The summed E-state index contributed by atoms with van der Waals surface area (Å²) in [6.07, 6.45) is -0.104. The van der Waals surface area contributed by atoms with Crippen molar-refractivity contribution in [1.29, 1.82) is 0 Å². The normalized spacial score (nSPS) is 13.3. The van der Waals surface area contributed by atoms with Crippen molar-refractivity contribution in [2.45, 2.75) is 38.4 Å². The molecule has 0 saturated heterocycles. The predicted octanol–water partition coefficient (Wildman–Crippen LogP) is 0.0126. The van der Waals surface area contributed by atoms with Crippen LogP contribution in [0.3, 0.4) is 0 Å². The van der Waals surface area contributed by atoms with Gasteiger partial charge in [0.05, 0.1) is 0 Å². The van der Waals surface area contributed by atoms with Crippen molar-refractivity contribution < 1.29 is 19.1 Å². The summed E-state index contributed by atoms with van der Waals surface area (Å²) in [7, 11) is 2.78. The molecule has 0 unspecified atom stereocenters. The molecule has 0 radical (unpaired) electrons. The van der Waals surface area contributed by atoms with Crippen molar-refractivity contribution in [2.24, 2.45) is 5.73 Å². The third-order valence-electron chi connectivity index (χ3n) is 2.54. The smallest absolute Gasteiger partial charge is 0.252 e. The summed E-state index contributed by atoms with van der Waals surface area (Å²) in [5.74, 6) is -0.492. The molecule has 7 heteroatoms. The van der Waals surface area contributed by atoms with Crippen molar-refractivity contribution in [1.82, 2.24) is 11.5 Å². The monoisotopic (exact) mass is 277 g/mol. The van der Waals surface area contributed by atoms with E-state index in [2.05, 4.69) is 5.32 Å². The van der Waals surface area contributed by atoms with E-state index in [0.29, 0.717) is 19.5 Å². The van der Waals surface area contributed by atoms with Crippen LogP contribution in [0, 0.1) is 0 Å². The van der Waals surface area contributed by atoms with Gasteiger partial charge in [0, 0.05) is 27.2 Å². The van der Waals surface area contributed by atoms with E-state index < -0.39 is 12.2 Å². The van der Waals surface area contributed by atoms with E-state index in [1.165, 1.54) is 14.2 Å². The van der Waals surface area contributed by atoms with Gasteiger partial charge in [-0.15, -0.1) is 0 Å². The lowest BCUT2D eigenvalue weighted by atomic mass is 10.0. The summed E-state index contributed by atoms with van der Waals surface area (Å²) in [6, 6.07) is 0. The average molecular weight is 277 g/mol. The largest absolute Gasteiger partial charge is 0.370 e. The minimum absolute atomic E-state index is 0. The van der Waals surface area contributed by atoms with Gasteiger partial charge in [-0.2, -0.15) is 0 Å². The highest BCUT2D eigenvalue weighted by Gasteiger charge is 2.33. The first-order chi connectivity index (χ1) is 8.62. The molecular formula is C12H27N3O4. The van der Waals surface area contributed by atoms with Gasteiger partial charge in [-0.05, 0) is 19.4 Å². The molecule has 0 aromatic rings. The standard InChI is InChI=1S/C12H24N2O4.H3N/c1-4-8-14-12(16)11(18-3)10(17-2)9(15)6-5-7-13;/h10-11H,4-8,13H2,1-3H3,(H,14,16);1H3/t10-,11+;/m0./s1. The van der Waals surface area contributed by atoms with Gasteiger partial charge in [-0.25, -0.2) is 0 Å². The molecule has 0 spiro atoms. The second-order valence-corrected chi connectivity index (χ2v) is 3.96. The van der Waals surface area contributed by atoms with Crippen molar-refractivity contribution >= 4 is 11.7 Å². The van der Waals surface area contributed by atoms with Crippen LogP contribution < -0.4 is 17.2 Å². The van der Waals surface area contributed by atoms with Crippen LogP contribution in [-0.4, -0.2) is 51.2 Å². The maximum atomic E-state index is 11.9. The number of carbonyl (C=O) groups excluding carboxylic acids is 2. The van der Waals surface area contributed by atoms with Crippen molar-refractivity contribution in [3.63, 3.8) is 0 Å². The zero-order valence-corrected chi connectivity index (χ0v) is 12.1. The highest BCUT2D eigenvalue weighted by atomic mass is 16.5. The Kier molecular flexibility index (Phi) is 12.9. The molecule has 0 aliphatic heterocycles. The molecule has 0 aromatic heterocycles. The highest BCUT2D eigenvalue weighted by molar-refractivity contribution is 5.92. The second-order valence-electron chi connectivity index (χ2n) is 3.96. The van der Waals surface area contributed by atoms with E-state index in [1.54, 1.807) is 0 Å². The van der Waals surface area contributed by atoms with Crippen LogP contribution in [0.1, 0.15) is 26.2 Å². The maximum absolute atomic E-state index is 11.9. The van der Waals surface area contributed by atoms with Gasteiger partial charge in [0.1, 0.15) is 0 Å². The summed E-state index contributed by atoms with van der Waals surface area (Å²) in [4.78, 5) is 23.7. The molecule has 0 saturated carbocycles. The Bertz CT molecular complexity index is 235.